The van der Waals surface area contributed by atoms with E-state index in [1.165, 1.54) is 89.9 Å². The predicted octanol–water partition coefficient (Wildman–Crippen LogP) is 16.6. The molecule has 0 fully saturated rings. The van der Waals surface area contributed by atoms with E-state index in [0.29, 0.717) is 19.3 Å². The van der Waals surface area contributed by atoms with E-state index >= 15 is 0 Å². The Bertz CT molecular complexity index is 1260. The van der Waals surface area contributed by atoms with Gasteiger partial charge in [-0.1, -0.05) is 195 Å². The largest absolute Gasteiger partial charge is 0.462 e. The Balaban J connectivity index is 4.55. The molecule has 0 saturated carbocycles. The molecule has 0 radical (unpaired) electrons. The van der Waals surface area contributed by atoms with Crippen molar-refractivity contribution in [3.63, 3.8) is 0 Å². The van der Waals surface area contributed by atoms with Crippen molar-refractivity contribution in [2.24, 2.45) is 0 Å². The minimum atomic E-state index is -0.826. The van der Waals surface area contributed by atoms with E-state index in [1.807, 2.05) is 6.08 Å². The van der Waals surface area contributed by atoms with E-state index in [4.69, 9.17) is 14.2 Å². The van der Waals surface area contributed by atoms with Gasteiger partial charge in [-0.3, -0.25) is 14.4 Å². The molecule has 6 heteroatoms. The zero-order valence-electron chi connectivity index (χ0n) is 40.1. The maximum atomic E-state index is 12.8. The fourth-order valence-corrected chi connectivity index (χ4v) is 6.52. The SMILES string of the molecule is CC/C=C\C/C=C\CCCCCCCCCC(=O)OC(COC(=O)CC/C=C\C/C=C\CCCCCCCC)COC(=O)CCC/C=C\C/C=C\C/C=C\C/C=C\CCCCC. The van der Waals surface area contributed by atoms with Gasteiger partial charge in [0.05, 0.1) is 0 Å². The van der Waals surface area contributed by atoms with E-state index in [9.17, 15) is 14.4 Å². The Kier molecular flexibility index (Phi) is 47.0. The Morgan fingerprint density at radius 3 is 1.16 bits per heavy atom. The second-order valence-electron chi connectivity index (χ2n) is 16.3. The van der Waals surface area contributed by atoms with Crippen LogP contribution in [0.4, 0.5) is 0 Å². The second-order valence-corrected chi connectivity index (χ2v) is 16.3. The monoisotopic (exact) mass is 861 g/mol. The van der Waals surface area contributed by atoms with E-state index < -0.39 is 6.10 Å². The van der Waals surface area contributed by atoms with Crippen molar-refractivity contribution in [3.05, 3.63) is 97.2 Å². The third-order valence-corrected chi connectivity index (χ3v) is 10.3. The predicted molar refractivity (Wildman–Crippen MR) is 265 cm³/mol. The van der Waals surface area contributed by atoms with Gasteiger partial charge in [0.25, 0.3) is 0 Å². The van der Waals surface area contributed by atoms with Crippen LogP contribution in [0.5, 0.6) is 0 Å². The van der Waals surface area contributed by atoms with Crippen LogP contribution in [0.1, 0.15) is 220 Å². The highest BCUT2D eigenvalue weighted by molar-refractivity contribution is 5.71. The molecule has 0 bridgehead atoms. The lowest BCUT2D eigenvalue weighted by Gasteiger charge is -2.18. The number of unbranched alkanes of at least 4 members (excludes halogenated alkanes) is 17. The molecule has 62 heavy (non-hydrogen) atoms. The Labute approximate surface area is 381 Å². The average molecular weight is 861 g/mol. The molecule has 0 amide bonds. The molecule has 0 aromatic rings. The van der Waals surface area contributed by atoms with Crippen molar-refractivity contribution in [3.8, 4) is 0 Å². The fourth-order valence-electron chi connectivity index (χ4n) is 6.52. The molecule has 0 heterocycles. The van der Waals surface area contributed by atoms with Crippen molar-refractivity contribution in [1.82, 2.24) is 0 Å². The molecule has 352 valence electrons. The minimum Gasteiger partial charge on any atom is -0.462 e. The van der Waals surface area contributed by atoms with Crippen LogP contribution >= 0.6 is 0 Å². The molecular formula is C56H92O6. The zero-order chi connectivity index (χ0) is 45.1. The van der Waals surface area contributed by atoms with Gasteiger partial charge in [-0.2, -0.15) is 0 Å². The van der Waals surface area contributed by atoms with Crippen LogP contribution < -0.4 is 0 Å². The molecule has 0 aliphatic carbocycles. The van der Waals surface area contributed by atoms with E-state index in [0.717, 1.165) is 77.0 Å². The van der Waals surface area contributed by atoms with Gasteiger partial charge in [0.1, 0.15) is 13.2 Å². The van der Waals surface area contributed by atoms with Gasteiger partial charge < -0.3 is 14.2 Å². The summed E-state index contributed by atoms with van der Waals surface area (Å²) in [7, 11) is 0. The summed E-state index contributed by atoms with van der Waals surface area (Å²) in [5, 5.41) is 0. The van der Waals surface area contributed by atoms with Crippen LogP contribution in [-0.2, 0) is 28.6 Å². The quantitative estimate of drug-likeness (QED) is 0.0263. The summed E-state index contributed by atoms with van der Waals surface area (Å²) in [5.41, 5.74) is 0. The first-order chi connectivity index (χ1) is 30.5. The Hall–Kier alpha value is -3.67. The van der Waals surface area contributed by atoms with E-state index in [-0.39, 0.29) is 44.0 Å². The van der Waals surface area contributed by atoms with Crippen LogP contribution in [0.3, 0.4) is 0 Å². The van der Waals surface area contributed by atoms with Gasteiger partial charge in [-0.15, -0.1) is 0 Å². The number of esters is 3. The molecule has 0 saturated heterocycles. The first-order valence-electron chi connectivity index (χ1n) is 25.2. The maximum Gasteiger partial charge on any atom is 0.306 e. The topological polar surface area (TPSA) is 78.9 Å². The van der Waals surface area contributed by atoms with Crippen LogP contribution in [-0.4, -0.2) is 37.2 Å². The first kappa shape index (κ1) is 58.3. The van der Waals surface area contributed by atoms with E-state index in [1.54, 1.807) is 0 Å². The summed E-state index contributed by atoms with van der Waals surface area (Å²) in [6.45, 7) is 6.37. The number of rotatable bonds is 44. The lowest BCUT2D eigenvalue weighted by atomic mass is 10.1. The van der Waals surface area contributed by atoms with Crippen LogP contribution in [0.25, 0.3) is 0 Å². The van der Waals surface area contributed by atoms with Gasteiger partial charge in [0.15, 0.2) is 6.10 Å². The highest BCUT2D eigenvalue weighted by Crippen LogP contribution is 2.13. The number of carbonyl (C=O) groups is 3. The normalized spacial score (nSPS) is 12.9. The van der Waals surface area contributed by atoms with Crippen LogP contribution in [0.2, 0.25) is 0 Å². The molecule has 0 aliphatic heterocycles. The Morgan fingerprint density at radius 1 is 0.339 bits per heavy atom. The molecule has 0 aliphatic rings. The number of carbonyl (C=O) groups excluding carboxylic acids is 3. The van der Waals surface area contributed by atoms with Crippen molar-refractivity contribution in [2.45, 2.75) is 226 Å². The lowest BCUT2D eigenvalue weighted by molar-refractivity contribution is -0.166. The Morgan fingerprint density at radius 2 is 0.677 bits per heavy atom. The standard InChI is InChI=1S/C56H92O6/c1-4-7-10-13-16-19-22-25-27-28-29-32-34-37-40-43-46-49-55(58)61-52-53(51-60-54(57)48-45-42-39-36-33-30-24-21-18-15-12-9-6-3)62-56(59)50-47-44-41-38-35-31-26-23-20-17-14-11-8-5-2/h8,11,16-17,19-20,25,27,29-30,32-33,37,39-40,42,53H,4-7,9-10,12-15,18,21-24,26,28,31,34-36,38,41,43-52H2,1-3H3/b11-8-,19-16-,20-17-,27-25-,32-29-,33-30-,40-37-,42-39-. The van der Waals surface area contributed by atoms with Gasteiger partial charge in [0.2, 0.25) is 0 Å². The fraction of sp³-hybridized carbons (Fsp3) is 0.661. The van der Waals surface area contributed by atoms with Gasteiger partial charge in [0, 0.05) is 19.3 Å². The highest BCUT2D eigenvalue weighted by Gasteiger charge is 2.19. The summed E-state index contributed by atoms with van der Waals surface area (Å²) in [6.07, 6.45) is 65.5. The summed E-state index contributed by atoms with van der Waals surface area (Å²) in [4.78, 5) is 37.9. The first-order valence-corrected chi connectivity index (χ1v) is 25.2. The third-order valence-electron chi connectivity index (χ3n) is 10.3. The number of hydrogen-bond donors (Lipinski definition) is 0. The summed E-state index contributed by atoms with van der Waals surface area (Å²) >= 11 is 0. The highest BCUT2D eigenvalue weighted by atomic mass is 16.6. The summed E-state index contributed by atoms with van der Waals surface area (Å²) in [6, 6.07) is 0. The zero-order valence-corrected chi connectivity index (χ0v) is 40.1. The molecule has 0 aromatic heterocycles. The molecule has 0 rings (SSSR count). The molecule has 1 atom stereocenters. The van der Waals surface area contributed by atoms with Gasteiger partial charge in [-0.25, -0.2) is 0 Å². The molecule has 1 unspecified atom stereocenters. The van der Waals surface area contributed by atoms with Gasteiger partial charge >= 0.3 is 17.9 Å². The van der Waals surface area contributed by atoms with Crippen LogP contribution in [0.15, 0.2) is 97.2 Å². The number of ether oxygens (including phenoxy) is 3. The molecule has 6 nitrogen and oxygen atoms in total. The molecular weight excluding hydrogens is 769 g/mol. The van der Waals surface area contributed by atoms with Crippen LogP contribution in [0, 0.1) is 0 Å². The van der Waals surface area contributed by atoms with Crippen molar-refractivity contribution >= 4 is 17.9 Å². The van der Waals surface area contributed by atoms with Gasteiger partial charge in [-0.05, 0) is 103 Å². The van der Waals surface area contributed by atoms with E-state index in [2.05, 4.69) is 112 Å². The minimum absolute atomic E-state index is 0.127. The second kappa shape index (κ2) is 50.0. The number of allylic oxidation sites excluding steroid dienone is 16. The third kappa shape index (κ3) is 47.4. The smallest absolute Gasteiger partial charge is 0.306 e. The number of hydrogen-bond acceptors (Lipinski definition) is 6. The van der Waals surface area contributed by atoms with Crippen molar-refractivity contribution in [2.75, 3.05) is 13.2 Å². The average Bonchev–Trinajstić information content (AvgIpc) is 3.27. The molecule has 0 spiro atoms. The summed E-state index contributed by atoms with van der Waals surface area (Å²) in [5.74, 6) is -1.06. The maximum absolute atomic E-state index is 12.8. The summed E-state index contributed by atoms with van der Waals surface area (Å²) < 4.78 is 16.7. The lowest BCUT2D eigenvalue weighted by Crippen LogP contribution is -2.30. The molecule has 0 aromatic carbocycles. The van der Waals surface area contributed by atoms with Crippen molar-refractivity contribution < 1.29 is 28.6 Å². The molecule has 0 N–H and O–H groups in total. The van der Waals surface area contributed by atoms with Crippen molar-refractivity contribution in [1.29, 1.82) is 0 Å².